The first-order chi connectivity index (χ1) is 8.66. The number of carbonyl (C=O) groups excluding carboxylic acids is 1. The Bertz CT molecular complexity index is 589. The highest BCUT2D eigenvalue weighted by Gasteiger charge is 2.32. The van der Waals surface area contributed by atoms with Crippen LogP contribution in [0.3, 0.4) is 0 Å². The van der Waals surface area contributed by atoms with Crippen LogP contribution >= 0.6 is 0 Å². The first-order valence-corrected chi connectivity index (χ1v) is 6.00. The average Bonchev–Trinajstić information content (AvgIpc) is 2.92. The van der Waals surface area contributed by atoms with Crippen molar-refractivity contribution in [3.8, 4) is 0 Å². The molecule has 2 unspecified atom stereocenters. The van der Waals surface area contributed by atoms with Crippen LogP contribution in [-0.4, -0.2) is 20.7 Å². The van der Waals surface area contributed by atoms with Crippen molar-refractivity contribution >= 4 is 5.78 Å². The minimum absolute atomic E-state index is 0.0179. The van der Waals surface area contributed by atoms with Crippen LogP contribution in [0.4, 0.5) is 0 Å². The molecule has 1 aromatic carbocycles. The maximum absolute atomic E-state index is 11.3. The summed E-state index contributed by atoms with van der Waals surface area (Å²) < 4.78 is 1.77. The summed E-state index contributed by atoms with van der Waals surface area (Å²) in [4.78, 5) is 11.3. The predicted molar refractivity (Wildman–Crippen MR) is 66.4 cm³/mol. The molecule has 4 heteroatoms. The molecule has 2 heterocycles. The van der Waals surface area contributed by atoms with Gasteiger partial charge in [-0.15, -0.1) is 0 Å². The van der Waals surface area contributed by atoms with Crippen LogP contribution in [0.5, 0.6) is 0 Å². The Hall–Kier alpha value is -1.94. The first kappa shape index (κ1) is 11.2. The molecule has 4 nitrogen and oxygen atoms in total. The van der Waals surface area contributed by atoms with Crippen LogP contribution in [0.25, 0.3) is 0 Å². The summed E-state index contributed by atoms with van der Waals surface area (Å²) >= 11 is 0. The zero-order valence-electron chi connectivity index (χ0n) is 10.1. The van der Waals surface area contributed by atoms with E-state index in [1.54, 1.807) is 10.7 Å². The predicted octanol–water partition coefficient (Wildman–Crippen LogP) is 2.11. The number of benzene rings is 1. The molecule has 2 aromatic rings. The lowest BCUT2D eigenvalue weighted by molar-refractivity contribution is 0.101. The van der Waals surface area contributed by atoms with E-state index in [0.717, 1.165) is 11.3 Å². The summed E-state index contributed by atoms with van der Waals surface area (Å²) in [6, 6.07) is 11.6. The van der Waals surface area contributed by atoms with E-state index in [0.29, 0.717) is 12.1 Å². The Morgan fingerprint density at radius 2 is 2.11 bits per heavy atom. The molecular weight excluding hydrogens is 228 g/mol. The van der Waals surface area contributed by atoms with Gasteiger partial charge in [-0.1, -0.05) is 30.3 Å². The highest BCUT2D eigenvalue weighted by molar-refractivity contribution is 5.92. The number of hydrogen-bond acceptors (Lipinski definition) is 3. The number of hydrogen-bond donors (Lipinski definition) is 1. The monoisotopic (exact) mass is 242 g/mol. The molecule has 0 saturated carbocycles. The van der Waals surface area contributed by atoms with Gasteiger partial charge in [0.1, 0.15) is 5.69 Å². The molecule has 2 atom stereocenters. The van der Waals surface area contributed by atoms with Crippen molar-refractivity contribution in [1.29, 1.82) is 0 Å². The lowest BCUT2D eigenvalue weighted by Gasteiger charge is -2.12. The molecule has 0 fully saturated rings. The number of aliphatic hydroxyl groups is 1. The van der Waals surface area contributed by atoms with Gasteiger partial charge >= 0.3 is 0 Å². The number of carbonyl (C=O) groups is 1. The number of fused-ring (bicyclic) bond motifs is 1. The quantitative estimate of drug-likeness (QED) is 0.820. The fraction of sp³-hybridized carbons (Fsp3) is 0.286. The highest BCUT2D eigenvalue weighted by atomic mass is 16.3. The Morgan fingerprint density at radius 1 is 1.39 bits per heavy atom. The Morgan fingerprint density at radius 3 is 2.78 bits per heavy atom. The van der Waals surface area contributed by atoms with E-state index in [4.69, 9.17) is 0 Å². The summed E-state index contributed by atoms with van der Waals surface area (Å²) in [5, 5.41) is 14.3. The number of nitrogens with zero attached hydrogens (tertiary/aromatic N) is 2. The maximum atomic E-state index is 11.3. The van der Waals surface area contributed by atoms with Crippen LogP contribution in [-0.2, 0) is 0 Å². The lowest BCUT2D eigenvalue weighted by atomic mass is 10.0. The molecule has 0 aliphatic carbocycles. The van der Waals surface area contributed by atoms with Crippen molar-refractivity contribution < 1.29 is 9.90 Å². The molecule has 1 N–H and O–H groups in total. The summed E-state index contributed by atoms with van der Waals surface area (Å²) in [6.07, 6.45) is 0.0701. The molecule has 1 aromatic heterocycles. The Balaban J connectivity index is 2.05. The second-order valence-corrected chi connectivity index (χ2v) is 4.63. The van der Waals surface area contributed by atoms with Crippen LogP contribution in [0, 0.1) is 0 Å². The van der Waals surface area contributed by atoms with Gasteiger partial charge in [0.15, 0.2) is 5.78 Å². The number of ketones is 1. The van der Waals surface area contributed by atoms with Crippen molar-refractivity contribution in [2.24, 2.45) is 0 Å². The SMILES string of the molecule is CC(=O)c1cc2n(n1)C(c1ccccc1)CC2O. The second kappa shape index (κ2) is 4.07. The van der Waals surface area contributed by atoms with Crippen LogP contribution in [0.1, 0.15) is 47.2 Å². The lowest BCUT2D eigenvalue weighted by Crippen LogP contribution is -2.08. The third-order valence-corrected chi connectivity index (χ3v) is 3.39. The van der Waals surface area contributed by atoms with Gasteiger partial charge in [0.2, 0.25) is 0 Å². The maximum Gasteiger partial charge on any atom is 0.179 e. The number of aromatic nitrogens is 2. The van der Waals surface area contributed by atoms with Crippen molar-refractivity contribution in [1.82, 2.24) is 9.78 Å². The number of rotatable bonds is 2. The van der Waals surface area contributed by atoms with Crippen LogP contribution in [0.2, 0.25) is 0 Å². The zero-order valence-corrected chi connectivity index (χ0v) is 10.1. The van der Waals surface area contributed by atoms with E-state index in [1.165, 1.54) is 6.92 Å². The van der Waals surface area contributed by atoms with Gasteiger partial charge in [0.25, 0.3) is 0 Å². The highest BCUT2D eigenvalue weighted by Crippen LogP contribution is 2.38. The van der Waals surface area contributed by atoms with Gasteiger partial charge in [-0.2, -0.15) is 5.10 Å². The molecule has 0 saturated heterocycles. The van der Waals surface area contributed by atoms with Crippen LogP contribution in [0.15, 0.2) is 36.4 Å². The Labute approximate surface area is 105 Å². The van der Waals surface area contributed by atoms with E-state index >= 15 is 0 Å². The third-order valence-electron chi connectivity index (χ3n) is 3.39. The van der Waals surface area contributed by atoms with E-state index in [9.17, 15) is 9.90 Å². The topological polar surface area (TPSA) is 55.1 Å². The molecule has 0 radical (unpaired) electrons. The molecule has 0 bridgehead atoms. The molecule has 3 rings (SSSR count). The zero-order chi connectivity index (χ0) is 12.7. The molecule has 18 heavy (non-hydrogen) atoms. The van der Waals surface area contributed by atoms with E-state index in [1.807, 2.05) is 30.3 Å². The molecule has 0 spiro atoms. The molecule has 0 amide bonds. The van der Waals surface area contributed by atoms with E-state index in [-0.39, 0.29) is 11.8 Å². The van der Waals surface area contributed by atoms with Crippen molar-refractivity contribution in [3.63, 3.8) is 0 Å². The molecular formula is C14H14N2O2. The summed E-state index contributed by atoms with van der Waals surface area (Å²) in [6.45, 7) is 1.49. The fourth-order valence-corrected chi connectivity index (χ4v) is 2.46. The van der Waals surface area contributed by atoms with E-state index in [2.05, 4.69) is 5.10 Å². The minimum Gasteiger partial charge on any atom is -0.387 e. The standard InChI is InChI=1S/C14H14N2O2/c1-9(17)11-7-13-14(18)8-12(16(13)15-11)10-5-3-2-4-6-10/h2-7,12,14,18H,8H2,1H3. The molecule has 1 aliphatic heterocycles. The van der Waals surface area contributed by atoms with Crippen molar-refractivity contribution in [2.45, 2.75) is 25.5 Å². The smallest absolute Gasteiger partial charge is 0.179 e. The van der Waals surface area contributed by atoms with Crippen LogP contribution < -0.4 is 0 Å². The second-order valence-electron chi connectivity index (χ2n) is 4.63. The average molecular weight is 242 g/mol. The summed E-state index contributed by atoms with van der Waals surface area (Å²) in [5.74, 6) is -0.0732. The largest absolute Gasteiger partial charge is 0.387 e. The Kier molecular flexibility index (Phi) is 2.52. The third kappa shape index (κ3) is 1.66. The summed E-state index contributed by atoms with van der Waals surface area (Å²) in [7, 11) is 0. The van der Waals surface area contributed by atoms with Crippen molar-refractivity contribution in [3.05, 3.63) is 53.3 Å². The van der Waals surface area contributed by atoms with Crippen molar-refractivity contribution in [2.75, 3.05) is 0 Å². The van der Waals surface area contributed by atoms with Gasteiger partial charge in [0.05, 0.1) is 17.8 Å². The van der Waals surface area contributed by atoms with Gasteiger partial charge in [-0.05, 0) is 11.6 Å². The molecule has 92 valence electrons. The van der Waals surface area contributed by atoms with Gasteiger partial charge < -0.3 is 5.11 Å². The number of aliphatic hydroxyl groups excluding tert-OH is 1. The number of Topliss-reactive ketones (excluding diaryl/α,β-unsaturated/α-hetero) is 1. The minimum atomic E-state index is -0.546. The van der Waals surface area contributed by atoms with Gasteiger partial charge in [-0.25, -0.2) is 0 Å². The van der Waals surface area contributed by atoms with E-state index < -0.39 is 6.10 Å². The van der Waals surface area contributed by atoms with Gasteiger partial charge in [-0.3, -0.25) is 9.48 Å². The normalized spacial score (nSPS) is 21.9. The fourth-order valence-electron chi connectivity index (χ4n) is 2.46. The first-order valence-electron chi connectivity index (χ1n) is 6.00. The molecule has 1 aliphatic rings. The van der Waals surface area contributed by atoms with Gasteiger partial charge in [0, 0.05) is 13.3 Å². The summed E-state index contributed by atoms with van der Waals surface area (Å²) in [5.41, 5.74) is 2.26.